The highest BCUT2D eigenvalue weighted by atomic mass is 32.1. The number of thiocarbonyl (C=S) groups is 1. The van der Waals surface area contributed by atoms with Crippen LogP contribution in [0, 0.1) is 5.82 Å². The van der Waals surface area contributed by atoms with Crippen molar-refractivity contribution in [2.45, 2.75) is 6.54 Å². The molecule has 5 heteroatoms. The SMILES string of the molecule is COc1cccc(NC(=S)N(C)Cc2cccc(F)c2)c1. The Morgan fingerprint density at radius 2 is 2.00 bits per heavy atom. The van der Waals surface area contributed by atoms with Gasteiger partial charge in [0, 0.05) is 25.3 Å². The first-order valence-electron chi connectivity index (χ1n) is 6.49. The topological polar surface area (TPSA) is 24.5 Å². The van der Waals surface area contributed by atoms with Crippen molar-refractivity contribution in [3.8, 4) is 5.75 Å². The molecule has 2 aromatic carbocycles. The first-order chi connectivity index (χ1) is 10.1. The molecule has 21 heavy (non-hydrogen) atoms. The Labute approximate surface area is 129 Å². The molecule has 1 N–H and O–H groups in total. The molecule has 0 bridgehead atoms. The van der Waals surface area contributed by atoms with Crippen molar-refractivity contribution in [2.24, 2.45) is 0 Å². The number of hydrogen-bond acceptors (Lipinski definition) is 2. The van der Waals surface area contributed by atoms with Gasteiger partial charge >= 0.3 is 0 Å². The number of methoxy groups -OCH3 is 1. The van der Waals surface area contributed by atoms with Gasteiger partial charge in [-0.25, -0.2) is 4.39 Å². The lowest BCUT2D eigenvalue weighted by molar-refractivity contribution is 0.415. The van der Waals surface area contributed by atoms with E-state index in [2.05, 4.69) is 5.32 Å². The molecule has 3 nitrogen and oxygen atoms in total. The van der Waals surface area contributed by atoms with Gasteiger partial charge in [-0.15, -0.1) is 0 Å². The van der Waals surface area contributed by atoms with Crippen LogP contribution in [0.25, 0.3) is 0 Å². The van der Waals surface area contributed by atoms with E-state index in [4.69, 9.17) is 17.0 Å². The monoisotopic (exact) mass is 304 g/mol. The number of nitrogens with zero attached hydrogens (tertiary/aromatic N) is 1. The van der Waals surface area contributed by atoms with E-state index >= 15 is 0 Å². The molecule has 110 valence electrons. The predicted octanol–water partition coefficient (Wildman–Crippen LogP) is 3.66. The lowest BCUT2D eigenvalue weighted by atomic mass is 10.2. The van der Waals surface area contributed by atoms with Crippen LogP contribution in [0.4, 0.5) is 10.1 Å². The van der Waals surface area contributed by atoms with Gasteiger partial charge < -0.3 is 15.0 Å². The molecule has 0 amide bonds. The third-order valence-corrected chi connectivity index (χ3v) is 3.39. The number of rotatable bonds is 4. The molecule has 0 aliphatic rings. The zero-order valence-electron chi connectivity index (χ0n) is 12.0. The third-order valence-electron chi connectivity index (χ3n) is 2.98. The quantitative estimate of drug-likeness (QED) is 0.871. The van der Waals surface area contributed by atoms with Gasteiger partial charge in [0.25, 0.3) is 0 Å². The van der Waals surface area contributed by atoms with Crippen molar-refractivity contribution in [3.05, 3.63) is 59.9 Å². The molecule has 2 aromatic rings. The van der Waals surface area contributed by atoms with Gasteiger partial charge in [0.05, 0.1) is 7.11 Å². The first-order valence-corrected chi connectivity index (χ1v) is 6.90. The fourth-order valence-electron chi connectivity index (χ4n) is 1.90. The van der Waals surface area contributed by atoms with Gasteiger partial charge in [-0.3, -0.25) is 0 Å². The van der Waals surface area contributed by atoms with Crippen molar-refractivity contribution >= 4 is 23.0 Å². The van der Waals surface area contributed by atoms with Crippen LogP contribution in [-0.4, -0.2) is 24.2 Å². The fraction of sp³-hybridized carbons (Fsp3) is 0.188. The van der Waals surface area contributed by atoms with Gasteiger partial charge in [-0.05, 0) is 42.0 Å². The zero-order valence-corrected chi connectivity index (χ0v) is 12.8. The van der Waals surface area contributed by atoms with Gasteiger partial charge in [-0.2, -0.15) is 0 Å². The van der Waals surface area contributed by atoms with E-state index in [1.54, 1.807) is 13.2 Å². The standard InChI is InChI=1S/C16H17FN2OS/c1-19(11-12-5-3-6-13(17)9-12)16(21)18-14-7-4-8-15(10-14)20-2/h3-10H,11H2,1-2H3,(H,18,21). The summed E-state index contributed by atoms with van der Waals surface area (Å²) in [5, 5.41) is 3.70. The summed E-state index contributed by atoms with van der Waals surface area (Å²) in [7, 11) is 3.48. The van der Waals surface area contributed by atoms with Crippen molar-refractivity contribution in [3.63, 3.8) is 0 Å². The average molecular weight is 304 g/mol. The Bertz CT molecular complexity index is 633. The molecule has 0 radical (unpaired) electrons. The predicted molar refractivity (Wildman–Crippen MR) is 87.1 cm³/mol. The van der Waals surface area contributed by atoms with Crippen LogP contribution in [0.5, 0.6) is 5.75 Å². The molecule has 0 saturated carbocycles. The first kappa shape index (κ1) is 15.3. The van der Waals surface area contributed by atoms with Gasteiger partial charge in [-0.1, -0.05) is 18.2 Å². The molecule has 0 aliphatic heterocycles. The minimum absolute atomic E-state index is 0.243. The van der Waals surface area contributed by atoms with Crippen LogP contribution in [0.15, 0.2) is 48.5 Å². The highest BCUT2D eigenvalue weighted by molar-refractivity contribution is 7.80. The Balaban J connectivity index is 1.99. The van der Waals surface area contributed by atoms with E-state index in [1.807, 2.05) is 42.3 Å². The van der Waals surface area contributed by atoms with Gasteiger partial charge in [0.15, 0.2) is 5.11 Å². The number of hydrogen-bond donors (Lipinski definition) is 1. The van der Waals surface area contributed by atoms with Crippen LogP contribution in [-0.2, 0) is 6.54 Å². The smallest absolute Gasteiger partial charge is 0.173 e. The maximum absolute atomic E-state index is 13.2. The molecule has 0 aromatic heterocycles. The number of anilines is 1. The summed E-state index contributed by atoms with van der Waals surface area (Å²) >= 11 is 5.35. The van der Waals surface area contributed by atoms with Crippen molar-refractivity contribution in [1.29, 1.82) is 0 Å². The molecule has 0 spiro atoms. The van der Waals surface area contributed by atoms with Gasteiger partial charge in [0.2, 0.25) is 0 Å². The van der Waals surface area contributed by atoms with Crippen LogP contribution >= 0.6 is 12.2 Å². The molecule has 0 saturated heterocycles. The number of benzene rings is 2. The highest BCUT2D eigenvalue weighted by Crippen LogP contribution is 2.17. The summed E-state index contributed by atoms with van der Waals surface area (Å²) in [5.41, 5.74) is 1.72. The maximum atomic E-state index is 13.2. The lowest BCUT2D eigenvalue weighted by Crippen LogP contribution is -2.30. The normalized spacial score (nSPS) is 10.0. The minimum Gasteiger partial charge on any atom is -0.497 e. The summed E-state index contributed by atoms with van der Waals surface area (Å²) in [4.78, 5) is 1.85. The summed E-state index contributed by atoms with van der Waals surface area (Å²) in [6, 6.07) is 14.0. The Morgan fingerprint density at radius 3 is 2.71 bits per heavy atom. The number of ether oxygens (including phenoxy) is 1. The second-order valence-corrected chi connectivity index (χ2v) is 5.03. The van der Waals surface area contributed by atoms with Gasteiger partial charge in [0.1, 0.15) is 11.6 Å². The minimum atomic E-state index is -0.243. The maximum Gasteiger partial charge on any atom is 0.173 e. The molecule has 0 heterocycles. The molecular weight excluding hydrogens is 287 g/mol. The van der Waals surface area contributed by atoms with Crippen molar-refractivity contribution in [2.75, 3.05) is 19.5 Å². The zero-order chi connectivity index (χ0) is 15.2. The number of halogens is 1. The lowest BCUT2D eigenvalue weighted by Gasteiger charge is -2.21. The fourth-order valence-corrected chi connectivity index (χ4v) is 2.08. The summed E-state index contributed by atoms with van der Waals surface area (Å²) in [5.74, 6) is 0.517. The van der Waals surface area contributed by atoms with Crippen molar-refractivity contribution < 1.29 is 9.13 Å². The largest absolute Gasteiger partial charge is 0.497 e. The Morgan fingerprint density at radius 1 is 1.24 bits per heavy atom. The summed E-state index contributed by atoms with van der Waals surface area (Å²) in [6.45, 7) is 0.535. The second kappa shape index (κ2) is 7.04. The average Bonchev–Trinajstić information content (AvgIpc) is 2.47. The van der Waals surface area contributed by atoms with Crippen LogP contribution in [0.1, 0.15) is 5.56 Å². The second-order valence-electron chi connectivity index (χ2n) is 4.65. The Kier molecular flexibility index (Phi) is 5.11. The summed E-state index contributed by atoms with van der Waals surface area (Å²) in [6.07, 6.45) is 0. The van der Waals surface area contributed by atoms with E-state index in [0.29, 0.717) is 11.7 Å². The van der Waals surface area contributed by atoms with Crippen LogP contribution < -0.4 is 10.1 Å². The Hall–Kier alpha value is -2.14. The molecular formula is C16H17FN2OS. The molecule has 0 atom stereocenters. The van der Waals surface area contributed by atoms with E-state index < -0.39 is 0 Å². The molecule has 0 aliphatic carbocycles. The molecule has 0 fully saturated rings. The van der Waals surface area contributed by atoms with E-state index in [9.17, 15) is 4.39 Å². The molecule has 2 rings (SSSR count). The molecule has 0 unspecified atom stereocenters. The highest BCUT2D eigenvalue weighted by Gasteiger charge is 2.06. The van der Waals surface area contributed by atoms with E-state index in [0.717, 1.165) is 17.0 Å². The summed E-state index contributed by atoms with van der Waals surface area (Å²) < 4.78 is 18.3. The van der Waals surface area contributed by atoms with Crippen LogP contribution in [0.2, 0.25) is 0 Å². The van der Waals surface area contributed by atoms with Crippen LogP contribution in [0.3, 0.4) is 0 Å². The van der Waals surface area contributed by atoms with E-state index in [-0.39, 0.29) is 5.82 Å². The van der Waals surface area contributed by atoms with Crippen molar-refractivity contribution in [1.82, 2.24) is 4.90 Å². The van der Waals surface area contributed by atoms with E-state index in [1.165, 1.54) is 12.1 Å². The number of nitrogens with one attached hydrogen (secondary N) is 1. The third kappa shape index (κ3) is 4.43.